The molecule has 0 saturated carbocycles. The van der Waals surface area contributed by atoms with E-state index in [2.05, 4.69) is 36.6 Å². The van der Waals surface area contributed by atoms with E-state index in [1.165, 1.54) is 13.4 Å². The maximum absolute atomic E-state index is 12.5. The third kappa shape index (κ3) is 4.45. The third-order valence-electron chi connectivity index (χ3n) is 5.19. The van der Waals surface area contributed by atoms with E-state index in [4.69, 9.17) is 9.47 Å². The fourth-order valence-electron chi connectivity index (χ4n) is 3.70. The molecule has 9 nitrogen and oxygen atoms in total. The first-order chi connectivity index (χ1) is 15.4. The van der Waals surface area contributed by atoms with Gasteiger partial charge in [-0.1, -0.05) is 22.0 Å². The Morgan fingerprint density at radius 2 is 2.00 bits per heavy atom. The number of nitrogens with one attached hydrogen (secondary N) is 2. The van der Waals surface area contributed by atoms with Crippen LogP contribution < -0.4 is 20.1 Å². The lowest BCUT2D eigenvalue weighted by molar-refractivity contribution is -0.118. The summed E-state index contributed by atoms with van der Waals surface area (Å²) in [6.07, 6.45) is 1.63. The molecule has 0 saturated heterocycles. The van der Waals surface area contributed by atoms with Gasteiger partial charge in [0.25, 0.3) is 5.91 Å². The predicted octanol–water partition coefficient (Wildman–Crippen LogP) is 3.62. The summed E-state index contributed by atoms with van der Waals surface area (Å²) in [5, 5.41) is 9.80. The summed E-state index contributed by atoms with van der Waals surface area (Å²) in [4.78, 5) is 28.6. The molecule has 0 aliphatic carbocycles. The average molecular weight is 500 g/mol. The lowest BCUT2D eigenvalue weighted by Crippen LogP contribution is -2.29. The first-order valence-corrected chi connectivity index (χ1v) is 10.7. The Morgan fingerprint density at radius 3 is 2.72 bits per heavy atom. The van der Waals surface area contributed by atoms with E-state index in [-0.39, 0.29) is 30.9 Å². The second-order valence-corrected chi connectivity index (χ2v) is 8.37. The van der Waals surface area contributed by atoms with Crippen LogP contribution in [0.2, 0.25) is 0 Å². The highest BCUT2D eigenvalue weighted by atomic mass is 79.9. The van der Waals surface area contributed by atoms with E-state index in [0.717, 1.165) is 26.9 Å². The molecule has 2 heterocycles. The molecule has 2 amide bonds. The molecule has 1 atom stereocenters. The molecule has 0 spiro atoms. The molecule has 1 aromatic heterocycles. The summed E-state index contributed by atoms with van der Waals surface area (Å²) in [6, 6.07) is 8.91. The van der Waals surface area contributed by atoms with Crippen molar-refractivity contribution in [3.8, 4) is 11.5 Å². The number of methoxy groups -OCH3 is 1. The average Bonchev–Trinajstić information content (AvgIpc) is 3.22. The van der Waals surface area contributed by atoms with Crippen LogP contribution in [0.25, 0.3) is 0 Å². The van der Waals surface area contributed by atoms with Crippen LogP contribution in [0.1, 0.15) is 29.2 Å². The van der Waals surface area contributed by atoms with Crippen molar-refractivity contribution < 1.29 is 19.1 Å². The number of anilines is 2. The number of nitrogens with zero attached hydrogens (tertiary/aromatic N) is 3. The van der Waals surface area contributed by atoms with Gasteiger partial charge in [0.15, 0.2) is 18.1 Å². The number of rotatable bonds is 6. The highest BCUT2D eigenvalue weighted by molar-refractivity contribution is 9.10. The monoisotopic (exact) mass is 499 g/mol. The minimum absolute atomic E-state index is 0.134. The molecule has 0 bridgehead atoms. The van der Waals surface area contributed by atoms with Gasteiger partial charge in [-0.3, -0.25) is 14.9 Å². The minimum Gasteiger partial charge on any atom is -0.493 e. The third-order valence-corrected chi connectivity index (χ3v) is 5.65. The molecule has 10 heteroatoms. The van der Waals surface area contributed by atoms with Crippen molar-refractivity contribution in [1.29, 1.82) is 0 Å². The zero-order valence-corrected chi connectivity index (χ0v) is 19.4. The van der Waals surface area contributed by atoms with Crippen LogP contribution in [-0.4, -0.2) is 40.3 Å². The topological polar surface area (TPSA) is 107 Å². The lowest BCUT2D eigenvalue weighted by atomic mass is 10.0. The van der Waals surface area contributed by atoms with Crippen molar-refractivity contribution in [3.63, 3.8) is 0 Å². The van der Waals surface area contributed by atoms with Crippen molar-refractivity contribution in [1.82, 2.24) is 14.8 Å². The first-order valence-electron chi connectivity index (χ1n) is 9.92. The Morgan fingerprint density at radius 1 is 1.25 bits per heavy atom. The van der Waals surface area contributed by atoms with Gasteiger partial charge in [-0.05, 0) is 54.8 Å². The standard InChI is InChI=1S/C22H22BrN5O4/c1-12-6-15(23)7-13(2)21(12)26-20(30)10-32-17-5-4-14(8-18(17)31-3)16-9-19(29)27-22-24-11-25-28(16)22/h4-8,11,16H,9-10H2,1-3H3,(H,26,30)(H,24,25,27,29)/t16-/m0/s1. The first kappa shape index (κ1) is 21.8. The quantitative estimate of drug-likeness (QED) is 0.536. The molecule has 0 unspecified atom stereocenters. The number of carbonyl (C=O) groups excluding carboxylic acids is 2. The molecule has 166 valence electrons. The van der Waals surface area contributed by atoms with Crippen LogP contribution in [0, 0.1) is 13.8 Å². The molecule has 0 radical (unpaired) electrons. The van der Waals surface area contributed by atoms with Gasteiger partial charge in [0.2, 0.25) is 11.9 Å². The molecule has 3 aromatic rings. The molecule has 32 heavy (non-hydrogen) atoms. The number of ether oxygens (including phenoxy) is 2. The highest BCUT2D eigenvalue weighted by Gasteiger charge is 2.28. The van der Waals surface area contributed by atoms with Gasteiger partial charge in [0.05, 0.1) is 19.6 Å². The molecule has 2 aromatic carbocycles. The van der Waals surface area contributed by atoms with E-state index >= 15 is 0 Å². The van der Waals surface area contributed by atoms with Crippen LogP contribution in [0.4, 0.5) is 11.6 Å². The molecule has 2 N–H and O–H groups in total. The number of amides is 2. The zero-order valence-electron chi connectivity index (χ0n) is 17.8. The summed E-state index contributed by atoms with van der Waals surface area (Å²) in [6.45, 7) is 3.69. The Labute approximate surface area is 193 Å². The van der Waals surface area contributed by atoms with Crippen LogP contribution in [0.3, 0.4) is 0 Å². The number of fused-ring (bicyclic) bond motifs is 1. The zero-order chi connectivity index (χ0) is 22.8. The van der Waals surface area contributed by atoms with Gasteiger partial charge in [-0.2, -0.15) is 10.1 Å². The number of halogens is 1. The van der Waals surface area contributed by atoms with E-state index in [1.807, 2.05) is 32.0 Å². The van der Waals surface area contributed by atoms with E-state index < -0.39 is 0 Å². The predicted molar refractivity (Wildman–Crippen MR) is 122 cm³/mol. The van der Waals surface area contributed by atoms with Gasteiger partial charge < -0.3 is 14.8 Å². The fraction of sp³-hybridized carbons (Fsp3) is 0.273. The van der Waals surface area contributed by atoms with Gasteiger partial charge in [0.1, 0.15) is 6.33 Å². The Bertz CT molecular complexity index is 1170. The maximum Gasteiger partial charge on any atom is 0.262 e. The van der Waals surface area contributed by atoms with E-state index in [1.54, 1.807) is 16.8 Å². The van der Waals surface area contributed by atoms with Crippen molar-refractivity contribution in [2.45, 2.75) is 26.3 Å². The van der Waals surface area contributed by atoms with Crippen LogP contribution in [0.15, 0.2) is 41.1 Å². The normalized spacial score (nSPS) is 15.0. The lowest BCUT2D eigenvalue weighted by Gasteiger charge is -2.24. The van der Waals surface area contributed by atoms with Crippen LogP contribution in [0.5, 0.6) is 11.5 Å². The van der Waals surface area contributed by atoms with E-state index in [9.17, 15) is 9.59 Å². The van der Waals surface area contributed by atoms with Crippen molar-refractivity contribution in [2.75, 3.05) is 24.4 Å². The van der Waals surface area contributed by atoms with Crippen LogP contribution in [-0.2, 0) is 9.59 Å². The molecule has 0 fully saturated rings. The maximum atomic E-state index is 12.5. The van der Waals surface area contributed by atoms with Gasteiger partial charge in [-0.25, -0.2) is 4.68 Å². The van der Waals surface area contributed by atoms with E-state index in [0.29, 0.717) is 17.4 Å². The number of aryl methyl sites for hydroxylation is 2. The molecule has 1 aliphatic heterocycles. The van der Waals surface area contributed by atoms with Gasteiger partial charge in [-0.15, -0.1) is 0 Å². The molecule has 1 aliphatic rings. The number of aromatic nitrogens is 3. The number of hydrogen-bond acceptors (Lipinski definition) is 6. The summed E-state index contributed by atoms with van der Waals surface area (Å²) >= 11 is 3.45. The summed E-state index contributed by atoms with van der Waals surface area (Å²) in [7, 11) is 1.52. The second kappa shape index (κ2) is 8.99. The Hall–Kier alpha value is -3.40. The van der Waals surface area contributed by atoms with Gasteiger partial charge >= 0.3 is 0 Å². The Balaban J connectivity index is 1.48. The summed E-state index contributed by atoms with van der Waals surface area (Å²) < 4.78 is 13.8. The van der Waals surface area contributed by atoms with Crippen molar-refractivity contribution >= 4 is 39.4 Å². The van der Waals surface area contributed by atoms with Crippen molar-refractivity contribution in [3.05, 3.63) is 57.8 Å². The number of carbonyl (C=O) groups is 2. The largest absolute Gasteiger partial charge is 0.493 e. The SMILES string of the molecule is COc1cc([C@@H]2CC(=O)Nc3ncnn32)ccc1OCC(=O)Nc1c(C)cc(Br)cc1C. The number of hydrogen-bond donors (Lipinski definition) is 2. The van der Waals surface area contributed by atoms with Crippen LogP contribution >= 0.6 is 15.9 Å². The van der Waals surface area contributed by atoms with Crippen molar-refractivity contribution in [2.24, 2.45) is 0 Å². The molecular weight excluding hydrogens is 478 g/mol. The molecule has 4 rings (SSSR count). The van der Waals surface area contributed by atoms with Gasteiger partial charge in [0, 0.05) is 10.2 Å². The Kier molecular flexibility index (Phi) is 6.13. The smallest absolute Gasteiger partial charge is 0.262 e. The summed E-state index contributed by atoms with van der Waals surface area (Å²) in [5.41, 5.74) is 3.50. The molecular formula is C22H22BrN5O4. The summed E-state index contributed by atoms with van der Waals surface area (Å²) in [5.74, 6) is 0.875. The highest BCUT2D eigenvalue weighted by Crippen LogP contribution is 2.35. The number of benzene rings is 2. The minimum atomic E-state index is -0.309. The second-order valence-electron chi connectivity index (χ2n) is 7.46. The fourth-order valence-corrected chi connectivity index (χ4v) is 4.39.